The predicted octanol–water partition coefficient (Wildman–Crippen LogP) is 2.76. The van der Waals surface area contributed by atoms with Gasteiger partial charge in [-0.15, -0.1) is 0 Å². The minimum atomic E-state index is 0.356. The first-order valence-corrected chi connectivity index (χ1v) is 6.26. The maximum atomic E-state index is 6.15. The van der Waals surface area contributed by atoms with Gasteiger partial charge < -0.3 is 10.3 Å². The van der Waals surface area contributed by atoms with Crippen molar-refractivity contribution in [3.05, 3.63) is 46.5 Å². The molecule has 0 saturated heterocycles. The lowest BCUT2D eigenvalue weighted by atomic mass is 10.2. The van der Waals surface area contributed by atoms with Crippen LogP contribution in [0.3, 0.4) is 0 Å². The lowest BCUT2D eigenvalue weighted by Crippen LogP contribution is -2.01. The molecule has 1 aromatic carbocycles. The van der Waals surface area contributed by atoms with Gasteiger partial charge in [-0.05, 0) is 12.1 Å². The van der Waals surface area contributed by atoms with E-state index in [0.717, 1.165) is 5.56 Å². The Bertz CT molecular complexity index is 733. The highest BCUT2D eigenvalue weighted by molar-refractivity contribution is 6.36. The number of anilines is 1. The van der Waals surface area contributed by atoms with Crippen LogP contribution in [0.1, 0.15) is 5.56 Å². The van der Waals surface area contributed by atoms with Crippen molar-refractivity contribution < 1.29 is 0 Å². The lowest BCUT2D eigenvalue weighted by molar-refractivity contribution is 0.813. The first-order valence-electron chi connectivity index (χ1n) is 5.51. The highest BCUT2D eigenvalue weighted by atomic mass is 35.5. The fraction of sp³-hybridized carbons (Fsp3) is 0.0833. The molecule has 7 heteroatoms. The number of nitrogen functional groups attached to an aromatic ring is 1. The van der Waals surface area contributed by atoms with Gasteiger partial charge in [0.15, 0.2) is 11.5 Å². The highest BCUT2D eigenvalue weighted by Crippen LogP contribution is 2.26. The quantitative estimate of drug-likeness (QED) is 0.789. The van der Waals surface area contributed by atoms with Crippen LogP contribution in [0.5, 0.6) is 0 Å². The zero-order valence-electron chi connectivity index (χ0n) is 9.72. The van der Waals surface area contributed by atoms with Gasteiger partial charge in [-0.25, -0.2) is 15.0 Å². The summed E-state index contributed by atoms with van der Waals surface area (Å²) in [6, 6.07) is 5.40. The average molecular weight is 294 g/mol. The van der Waals surface area contributed by atoms with Crippen LogP contribution in [0.25, 0.3) is 11.2 Å². The van der Waals surface area contributed by atoms with E-state index < -0.39 is 0 Å². The van der Waals surface area contributed by atoms with Crippen molar-refractivity contribution in [2.75, 3.05) is 5.73 Å². The normalized spacial score (nSPS) is 11.1. The van der Waals surface area contributed by atoms with Crippen LogP contribution in [0.4, 0.5) is 5.82 Å². The molecule has 2 aromatic heterocycles. The monoisotopic (exact) mass is 293 g/mol. The number of aromatic nitrogens is 4. The van der Waals surface area contributed by atoms with Crippen LogP contribution in [0.2, 0.25) is 10.0 Å². The van der Waals surface area contributed by atoms with Gasteiger partial charge in [0.1, 0.15) is 11.8 Å². The van der Waals surface area contributed by atoms with Gasteiger partial charge in [0.25, 0.3) is 0 Å². The first kappa shape index (κ1) is 12.2. The second-order valence-corrected chi connectivity index (χ2v) is 4.82. The Balaban J connectivity index is 2.09. The largest absolute Gasteiger partial charge is 0.382 e. The fourth-order valence-electron chi connectivity index (χ4n) is 1.87. The second kappa shape index (κ2) is 4.68. The van der Waals surface area contributed by atoms with Gasteiger partial charge in [-0.2, -0.15) is 0 Å². The number of nitrogens with zero attached hydrogens (tertiary/aromatic N) is 4. The molecule has 2 N–H and O–H groups in total. The van der Waals surface area contributed by atoms with E-state index in [1.54, 1.807) is 24.5 Å². The molecular weight excluding hydrogens is 285 g/mol. The van der Waals surface area contributed by atoms with Gasteiger partial charge >= 0.3 is 0 Å². The van der Waals surface area contributed by atoms with Crippen molar-refractivity contribution in [3.8, 4) is 0 Å². The summed E-state index contributed by atoms with van der Waals surface area (Å²) in [5.41, 5.74) is 7.80. The summed E-state index contributed by atoms with van der Waals surface area (Å²) in [7, 11) is 0. The van der Waals surface area contributed by atoms with Crippen molar-refractivity contribution in [2.24, 2.45) is 0 Å². The van der Waals surface area contributed by atoms with Crippen molar-refractivity contribution in [2.45, 2.75) is 6.54 Å². The zero-order valence-corrected chi connectivity index (χ0v) is 11.2. The minimum absolute atomic E-state index is 0.356. The maximum absolute atomic E-state index is 6.15. The molecule has 3 aromatic rings. The highest BCUT2D eigenvalue weighted by Gasteiger charge is 2.11. The van der Waals surface area contributed by atoms with E-state index in [2.05, 4.69) is 15.0 Å². The summed E-state index contributed by atoms with van der Waals surface area (Å²) in [6.45, 7) is 0.478. The molecule has 0 aliphatic rings. The third-order valence-electron chi connectivity index (χ3n) is 2.82. The SMILES string of the molecule is Nc1ncnc2c1ncn2Cc1c(Cl)cccc1Cl. The molecule has 0 amide bonds. The fourth-order valence-corrected chi connectivity index (χ4v) is 2.39. The molecule has 96 valence electrons. The minimum Gasteiger partial charge on any atom is -0.382 e. The molecule has 0 saturated carbocycles. The topological polar surface area (TPSA) is 69.6 Å². The van der Waals surface area contributed by atoms with Gasteiger partial charge in [0.2, 0.25) is 0 Å². The number of hydrogen-bond acceptors (Lipinski definition) is 4. The molecule has 0 unspecified atom stereocenters. The van der Waals surface area contributed by atoms with Crippen molar-refractivity contribution >= 4 is 40.2 Å². The van der Waals surface area contributed by atoms with Crippen molar-refractivity contribution in [1.82, 2.24) is 19.5 Å². The molecule has 0 atom stereocenters. The Kier molecular flexibility index (Phi) is 3.00. The van der Waals surface area contributed by atoms with Gasteiger partial charge in [-0.3, -0.25) is 0 Å². The lowest BCUT2D eigenvalue weighted by Gasteiger charge is -2.08. The van der Waals surface area contributed by atoms with E-state index >= 15 is 0 Å². The Morgan fingerprint density at radius 2 is 1.84 bits per heavy atom. The predicted molar refractivity (Wildman–Crippen MR) is 75.3 cm³/mol. The zero-order chi connectivity index (χ0) is 13.4. The van der Waals surface area contributed by atoms with Crippen LogP contribution in [0.15, 0.2) is 30.9 Å². The molecule has 0 spiro atoms. The van der Waals surface area contributed by atoms with Crippen LogP contribution < -0.4 is 5.73 Å². The standard InChI is InChI=1S/C12H9Cl2N5/c13-8-2-1-3-9(14)7(8)4-19-6-18-10-11(15)16-5-17-12(10)19/h1-3,5-6H,4H2,(H2,15,16,17). The third kappa shape index (κ3) is 2.11. The number of rotatable bonds is 2. The van der Waals surface area contributed by atoms with Crippen LogP contribution in [0, 0.1) is 0 Å². The Morgan fingerprint density at radius 3 is 2.58 bits per heavy atom. The van der Waals surface area contributed by atoms with Gasteiger partial charge in [0, 0.05) is 15.6 Å². The first-order chi connectivity index (χ1) is 9.16. The van der Waals surface area contributed by atoms with Crippen LogP contribution in [-0.4, -0.2) is 19.5 Å². The Morgan fingerprint density at radius 1 is 1.11 bits per heavy atom. The molecule has 3 rings (SSSR count). The summed E-state index contributed by atoms with van der Waals surface area (Å²) < 4.78 is 1.83. The summed E-state index contributed by atoms with van der Waals surface area (Å²) in [5.74, 6) is 0.356. The maximum Gasteiger partial charge on any atom is 0.165 e. The molecule has 0 bridgehead atoms. The third-order valence-corrected chi connectivity index (χ3v) is 3.53. The molecule has 2 heterocycles. The van der Waals surface area contributed by atoms with E-state index in [9.17, 15) is 0 Å². The molecule has 0 aliphatic heterocycles. The summed E-state index contributed by atoms with van der Waals surface area (Å²) >= 11 is 12.3. The number of halogens is 2. The van der Waals surface area contributed by atoms with E-state index in [-0.39, 0.29) is 0 Å². The number of fused-ring (bicyclic) bond motifs is 1. The van der Waals surface area contributed by atoms with E-state index in [1.807, 2.05) is 4.57 Å². The number of benzene rings is 1. The Labute approximate surface area is 119 Å². The van der Waals surface area contributed by atoms with Crippen LogP contribution >= 0.6 is 23.2 Å². The molecule has 19 heavy (non-hydrogen) atoms. The average Bonchev–Trinajstić information content (AvgIpc) is 2.79. The van der Waals surface area contributed by atoms with Crippen LogP contribution in [-0.2, 0) is 6.54 Å². The summed E-state index contributed by atoms with van der Waals surface area (Å²) in [5, 5.41) is 1.22. The Hall–Kier alpha value is -1.85. The summed E-state index contributed by atoms with van der Waals surface area (Å²) in [4.78, 5) is 12.3. The number of nitrogens with two attached hydrogens (primary N) is 1. The summed E-state index contributed by atoms with van der Waals surface area (Å²) in [6.07, 6.45) is 3.05. The van der Waals surface area contributed by atoms with E-state index in [1.165, 1.54) is 6.33 Å². The second-order valence-electron chi connectivity index (χ2n) is 4.00. The van der Waals surface area contributed by atoms with Gasteiger partial charge in [-0.1, -0.05) is 29.3 Å². The molecular formula is C12H9Cl2N5. The molecule has 0 fully saturated rings. The van der Waals surface area contributed by atoms with E-state index in [4.69, 9.17) is 28.9 Å². The number of imidazole rings is 1. The molecule has 5 nitrogen and oxygen atoms in total. The van der Waals surface area contributed by atoms with E-state index in [0.29, 0.717) is 33.6 Å². The van der Waals surface area contributed by atoms with Crippen molar-refractivity contribution in [1.29, 1.82) is 0 Å². The smallest absolute Gasteiger partial charge is 0.165 e. The molecule has 0 aliphatic carbocycles. The van der Waals surface area contributed by atoms with Gasteiger partial charge in [0.05, 0.1) is 12.9 Å². The molecule has 0 radical (unpaired) electrons. The van der Waals surface area contributed by atoms with Crippen molar-refractivity contribution in [3.63, 3.8) is 0 Å². The number of hydrogen-bond donors (Lipinski definition) is 1.